The molecular formula is C34H39N3O2. The van der Waals surface area contributed by atoms with E-state index in [1.54, 1.807) is 0 Å². The van der Waals surface area contributed by atoms with Crippen molar-refractivity contribution in [2.75, 3.05) is 20.2 Å². The number of benzene rings is 3. The maximum atomic E-state index is 13.7. The average molecular weight is 522 g/mol. The van der Waals surface area contributed by atoms with Gasteiger partial charge < -0.3 is 15.0 Å². The van der Waals surface area contributed by atoms with Gasteiger partial charge in [0, 0.05) is 22.6 Å². The van der Waals surface area contributed by atoms with Gasteiger partial charge in [0.25, 0.3) is 0 Å². The summed E-state index contributed by atoms with van der Waals surface area (Å²) in [6, 6.07) is 29.0. The lowest BCUT2D eigenvalue weighted by Gasteiger charge is -2.24. The number of hydrogen-bond donors (Lipinski definition) is 1. The lowest BCUT2D eigenvalue weighted by Crippen LogP contribution is -2.33. The molecule has 5 rings (SSSR count). The van der Waals surface area contributed by atoms with Crippen LogP contribution >= 0.6 is 0 Å². The fourth-order valence-corrected chi connectivity index (χ4v) is 5.68. The highest BCUT2D eigenvalue weighted by molar-refractivity contribution is 5.92. The van der Waals surface area contributed by atoms with E-state index < -0.39 is 0 Å². The van der Waals surface area contributed by atoms with Crippen LogP contribution in [0.4, 0.5) is 0 Å². The van der Waals surface area contributed by atoms with Gasteiger partial charge in [-0.2, -0.15) is 0 Å². The van der Waals surface area contributed by atoms with Crippen molar-refractivity contribution >= 4 is 16.8 Å². The highest BCUT2D eigenvalue weighted by atomic mass is 16.5. The summed E-state index contributed by atoms with van der Waals surface area (Å²) in [5.41, 5.74) is 5.92. The number of nitrogens with one attached hydrogen (secondary N) is 1. The van der Waals surface area contributed by atoms with Gasteiger partial charge in [0.05, 0.1) is 36.9 Å². The predicted molar refractivity (Wildman–Crippen MR) is 158 cm³/mol. The molecule has 1 aliphatic rings. The maximum Gasteiger partial charge on any atom is 0.224 e. The third-order valence-corrected chi connectivity index (χ3v) is 7.87. The summed E-state index contributed by atoms with van der Waals surface area (Å²) in [7, 11) is 2.17. The zero-order valence-corrected chi connectivity index (χ0v) is 23.3. The second-order valence-electron chi connectivity index (χ2n) is 11.0. The summed E-state index contributed by atoms with van der Waals surface area (Å²) in [5.74, 6) is 0.265. The first-order valence-electron chi connectivity index (χ1n) is 14.1. The summed E-state index contributed by atoms with van der Waals surface area (Å²) in [6.07, 6.45) is 2.63. The van der Waals surface area contributed by atoms with Crippen LogP contribution in [0.25, 0.3) is 22.2 Å². The van der Waals surface area contributed by atoms with Gasteiger partial charge in [0.15, 0.2) is 0 Å². The predicted octanol–water partition coefficient (Wildman–Crippen LogP) is 6.57. The second-order valence-corrected chi connectivity index (χ2v) is 11.0. The maximum absolute atomic E-state index is 13.7. The van der Waals surface area contributed by atoms with E-state index in [9.17, 15) is 4.79 Å². The monoisotopic (exact) mass is 521 g/mol. The van der Waals surface area contributed by atoms with E-state index in [0.717, 1.165) is 51.8 Å². The number of amides is 1. The van der Waals surface area contributed by atoms with Crippen molar-refractivity contribution in [3.8, 4) is 11.3 Å². The molecule has 1 fully saturated rings. The number of nitrogens with zero attached hydrogens (tertiary/aromatic N) is 2. The molecule has 1 aromatic heterocycles. The van der Waals surface area contributed by atoms with Gasteiger partial charge in [-0.25, -0.2) is 4.98 Å². The van der Waals surface area contributed by atoms with Crippen LogP contribution < -0.4 is 5.32 Å². The minimum absolute atomic E-state index is 0.00435. The van der Waals surface area contributed by atoms with Crippen LogP contribution in [-0.2, 0) is 22.6 Å². The van der Waals surface area contributed by atoms with E-state index in [-0.39, 0.29) is 24.3 Å². The summed E-state index contributed by atoms with van der Waals surface area (Å²) in [4.78, 5) is 21.2. The zero-order valence-electron chi connectivity index (χ0n) is 23.3. The van der Waals surface area contributed by atoms with Crippen molar-refractivity contribution in [3.63, 3.8) is 0 Å². The largest absolute Gasteiger partial charge is 0.375 e. The molecule has 0 aliphatic carbocycles. The molecule has 0 radical (unpaired) electrons. The Morgan fingerprint density at radius 3 is 2.36 bits per heavy atom. The van der Waals surface area contributed by atoms with Gasteiger partial charge >= 0.3 is 0 Å². The van der Waals surface area contributed by atoms with Gasteiger partial charge in [0.2, 0.25) is 5.91 Å². The molecule has 1 amide bonds. The van der Waals surface area contributed by atoms with Crippen molar-refractivity contribution in [3.05, 3.63) is 102 Å². The van der Waals surface area contributed by atoms with Crippen LogP contribution in [0.1, 0.15) is 49.4 Å². The van der Waals surface area contributed by atoms with Crippen molar-refractivity contribution in [2.24, 2.45) is 5.92 Å². The molecule has 5 heteroatoms. The lowest BCUT2D eigenvalue weighted by atomic mass is 9.93. The molecule has 1 saturated heterocycles. The van der Waals surface area contributed by atoms with Gasteiger partial charge in [-0.1, -0.05) is 92.7 Å². The van der Waals surface area contributed by atoms with E-state index in [0.29, 0.717) is 19.3 Å². The first-order chi connectivity index (χ1) is 19.0. The minimum Gasteiger partial charge on any atom is -0.375 e. The molecule has 0 bridgehead atoms. The van der Waals surface area contributed by atoms with Crippen molar-refractivity contribution < 1.29 is 9.53 Å². The second kappa shape index (κ2) is 12.5. The summed E-state index contributed by atoms with van der Waals surface area (Å²) >= 11 is 0. The average Bonchev–Trinajstić information content (AvgIpc) is 3.37. The molecule has 1 N–H and O–H groups in total. The highest BCUT2D eigenvalue weighted by Crippen LogP contribution is 2.32. The van der Waals surface area contributed by atoms with Crippen LogP contribution in [0.15, 0.2) is 84.9 Å². The van der Waals surface area contributed by atoms with Crippen LogP contribution in [-0.4, -0.2) is 42.0 Å². The van der Waals surface area contributed by atoms with Gasteiger partial charge in [-0.15, -0.1) is 0 Å². The number of likely N-dealkylation sites (N-methyl/N-ethyl adjacent to an activating group) is 1. The van der Waals surface area contributed by atoms with E-state index in [1.165, 1.54) is 6.42 Å². The Hall–Kier alpha value is -3.54. The Balaban J connectivity index is 1.51. The molecule has 4 aromatic rings. The molecule has 2 atom stereocenters. The molecule has 5 nitrogen and oxygen atoms in total. The molecular weight excluding hydrogens is 482 g/mol. The SMILES string of the molecule is CC(C)[C@H](NC(=O)Cc1c(COC[C@H]2CCCN2C)c(-c2ccccc2)nc2ccccc12)c1ccccc1. The van der Waals surface area contributed by atoms with Crippen molar-refractivity contribution in [1.29, 1.82) is 0 Å². The van der Waals surface area contributed by atoms with E-state index in [1.807, 2.05) is 54.6 Å². The minimum atomic E-state index is -0.0574. The normalized spacial score (nSPS) is 16.6. The Morgan fingerprint density at radius 2 is 1.67 bits per heavy atom. The fourth-order valence-electron chi connectivity index (χ4n) is 5.68. The third kappa shape index (κ3) is 6.38. The number of aromatic nitrogens is 1. The fraction of sp³-hybridized carbons (Fsp3) is 0.353. The smallest absolute Gasteiger partial charge is 0.224 e. The first kappa shape index (κ1) is 27.0. The van der Waals surface area contributed by atoms with Gasteiger partial charge in [-0.3, -0.25) is 4.79 Å². The number of hydrogen-bond acceptors (Lipinski definition) is 4. The zero-order chi connectivity index (χ0) is 27.2. The first-order valence-corrected chi connectivity index (χ1v) is 14.1. The quantitative estimate of drug-likeness (QED) is 0.257. The molecule has 0 saturated carbocycles. The van der Waals surface area contributed by atoms with Crippen molar-refractivity contribution in [2.45, 2.75) is 51.8 Å². The number of pyridine rings is 1. The highest BCUT2D eigenvalue weighted by Gasteiger charge is 2.24. The van der Waals surface area contributed by atoms with Crippen LogP contribution in [0.3, 0.4) is 0 Å². The van der Waals surface area contributed by atoms with Gasteiger partial charge in [0.1, 0.15) is 0 Å². The summed E-state index contributed by atoms with van der Waals surface area (Å²) < 4.78 is 6.38. The van der Waals surface area contributed by atoms with Crippen LogP contribution in [0.5, 0.6) is 0 Å². The van der Waals surface area contributed by atoms with E-state index in [2.05, 4.69) is 61.4 Å². The standard InChI is InChI=1S/C34H39N3O2/c1-24(2)33(25-13-6-4-7-14-25)36-32(38)21-29-28-18-10-11-19-31(28)35-34(26-15-8-5-9-16-26)30(29)23-39-22-27-17-12-20-37(27)3/h4-11,13-16,18-19,24,27,33H,12,17,20-23H2,1-3H3,(H,36,38)/t27-,33+/m1/s1. The van der Waals surface area contributed by atoms with Crippen molar-refractivity contribution in [1.82, 2.24) is 15.2 Å². The lowest BCUT2D eigenvalue weighted by molar-refractivity contribution is -0.121. The molecule has 0 spiro atoms. The Kier molecular flexibility index (Phi) is 8.70. The number of fused-ring (bicyclic) bond motifs is 1. The Morgan fingerprint density at radius 1 is 0.974 bits per heavy atom. The van der Waals surface area contributed by atoms with Gasteiger partial charge in [-0.05, 0) is 49.5 Å². The molecule has 3 aromatic carbocycles. The number of carbonyl (C=O) groups excluding carboxylic acids is 1. The van der Waals surface area contributed by atoms with E-state index >= 15 is 0 Å². The number of likely N-dealkylation sites (tertiary alicyclic amines) is 1. The molecule has 202 valence electrons. The molecule has 39 heavy (non-hydrogen) atoms. The molecule has 0 unspecified atom stereocenters. The molecule has 2 heterocycles. The van der Waals surface area contributed by atoms with Crippen LogP contribution in [0, 0.1) is 5.92 Å². The van der Waals surface area contributed by atoms with Crippen LogP contribution in [0.2, 0.25) is 0 Å². The third-order valence-electron chi connectivity index (χ3n) is 7.87. The number of carbonyl (C=O) groups is 1. The summed E-state index contributed by atoms with van der Waals surface area (Å²) in [6.45, 7) is 6.50. The number of ether oxygens (including phenoxy) is 1. The number of rotatable bonds is 10. The topological polar surface area (TPSA) is 54.5 Å². The Bertz CT molecular complexity index is 1390. The van der Waals surface area contributed by atoms with E-state index in [4.69, 9.17) is 9.72 Å². The Labute approximate surface area is 232 Å². The number of para-hydroxylation sites is 1. The summed E-state index contributed by atoms with van der Waals surface area (Å²) in [5, 5.41) is 4.34. The molecule has 1 aliphatic heterocycles.